The maximum Gasteiger partial charge on any atom is 0.169 e. The van der Waals surface area contributed by atoms with Crippen molar-refractivity contribution in [2.45, 2.75) is 140 Å². The molecule has 2 saturated heterocycles. The van der Waals surface area contributed by atoms with Crippen LogP contribution in [0.4, 0.5) is 0 Å². The van der Waals surface area contributed by atoms with Crippen molar-refractivity contribution in [2.75, 3.05) is 0 Å². The summed E-state index contributed by atoms with van der Waals surface area (Å²) < 4.78 is 26.8. The van der Waals surface area contributed by atoms with Gasteiger partial charge in [0.05, 0.1) is 24.4 Å². The first-order valence-electron chi connectivity index (χ1n) is 12.1. The van der Waals surface area contributed by atoms with Gasteiger partial charge in [0, 0.05) is 25.7 Å². The highest BCUT2D eigenvalue weighted by atomic mass is 16.8. The third kappa shape index (κ3) is 2.70. The molecule has 6 aliphatic rings. The van der Waals surface area contributed by atoms with Gasteiger partial charge in [-0.2, -0.15) is 0 Å². The Bertz CT molecular complexity index is 556. The summed E-state index contributed by atoms with van der Waals surface area (Å²) in [6.45, 7) is 4.99. The first-order chi connectivity index (χ1) is 13.4. The minimum atomic E-state index is -0.349. The minimum absolute atomic E-state index is 0.143. The fraction of sp³-hybridized carbons (Fsp3) is 1.00. The van der Waals surface area contributed by atoms with Crippen LogP contribution in [-0.4, -0.2) is 36.0 Å². The number of rotatable bonds is 0. The van der Waals surface area contributed by atoms with E-state index in [-0.39, 0.29) is 17.0 Å². The Kier molecular flexibility index (Phi) is 4.11. The summed E-state index contributed by atoms with van der Waals surface area (Å²) >= 11 is 0. The average molecular weight is 391 g/mol. The summed E-state index contributed by atoms with van der Waals surface area (Å²) in [5, 5.41) is 0. The van der Waals surface area contributed by atoms with Crippen molar-refractivity contribution in [1.82, 2.24) is 0 Å². The molecule has 0 aromatic heterocycles. The van der Waals surface area contributed by atoms with Gasteiger partial charge >= 0.3 is 0 Å². The van der Waals surface area contributed by atoms with E-state index in [1.165, 1.54) is 64.2 Å². The highest BCUT2D eigenvalue weighted by Crippen LogP contribution is 2.66. The molecular formula is C24H38O4. The molecule has 0 amide bonds. The molecule has 158 valence electrons. The van der Waals surface area contributed by atoms with Crippen molar-refractivity contribution >= 4 is 0 Å². The molecule has 2 heterocycles. The molecule has 2 aliphatic heterocycles. The lowest BCUT2D eigenvalue weighted by atomic mass is 9.49. The summed E-state index contributed by atoms with van der Waals surface area (Å²) in [7, 11) is 0. The maximum atomic E-state index is 6.69. The van der Waals surface area contributed by atoms with Gasteiger partial charge in [-0.1, -0.05) is 39.5 Å². The maximum absolute atomic E-state index is 6.69. The van der Waals surface area contributed by atoms with Gasteiger partial charge in [-0.3, -0.25) is 0 Å². The quantitative estimate of drug-likeness (QED) is 0.549. The Morgan fingerprint density at radius 3 is 1.21 bits per heavy atom. The van der Waals surface area contributed by atoms with Gasteiger partial charge < -0.3 is 18.9 Å². The van der Waals surface area contributed by atoms with Gasteiger partial charge in [0.15, 0.2) is 11.6 Å². The fourth-order valence-corrected chi connectivity index (χ4v) is 7.74. The van der Waals surface area contributed by atoms with E-state index in [0.29, 0.717) is 29.8 Å². The summed E-state index contributed by atoms with van der Waals surface area (Å²) in [4.78, 5) is 0. The van der Waals surface area contributed by atoms with Crippen LogP contribution in [0.5, 0.6) is 0 Å². The molecule has 0 bridgehead atoms. The van der Waals surface area contributed by atoms with E-state index in [0.717, 1.165) is 25.7 Å². The second-order valence-electron chi connectivity index (χ2n) is 11.5. The number of fused-ring (bicyclic) bond motifs is 3. The van der Waals surface area contributed by atoms with Crippen LogP contribution in [0.25, 0.3) is 0 Å². The van der Waals surface area contributed by atoms with Crippen LogP contribution in [0.1, 0.15) is 104 Å². The van der Waals surface area contributed by atoms with Crippen molar-refractivity contribution < 1.29 is 18.9 Å². The molecule has 4 saturated carbocycles. The highest BCUT2D eigenvalue weighted by molar-refractivity contribution is 5.09. The SMILES string of the molecule is CC12CCC3(CC1(C)CC1(CC2)OC2CCCCC2O1)OC1CCCCC1O3. The Labute approximate surface area is 170 Å². The summed E-state index contributed by atoms with van der Waals surface area (Å²) in [5.74, 6) is -0.699. The van der Waals surface area contributed by atoms with Crippen LogP contribution in [0, 0.1) is 10.8 Å². The Hall–Kier alpha value is -0.160. The van der Waals surface area contributed by atoms with E-state index in [1.54, 1.807) is 0 Å². The third-order valence-corrected chi connectivity index (χ3v) is 9.64. The van der Waals surface area contributed by atoms with Crippen LogP contribution >= 0.6 is 0 Å². The topological polar surface area (TPSA) is 36.9 Å². The van der Waals surface area contributed by atoms with Crippen LogP contribution in [-0.2, 0) is 18.9 Å². The van der Waals surface area contributed by atoms with Crippen LogP contribution in [0.15, 0.2) is 0 Å². The van der Waals surface area contributed by atoms with Gasteiger partial charge in [0.2, 0.25) is 0 Å². The molecule has 4 heteroatoms. The molecule has 2 spiro atoms. The van der Waals surface area contributed by atoms with Gasteiger partial charge in [0.25, 0.3) is 0 Å². The van der Waals surface area contributed by atoms with Crippen LogP contribution in [0.3, 0.4) is 0 Å². The van der Waals surface area contributed by atoms with Crippen molar-refractivity contribution in [2.24, 2.45) is 10.8 Å². The molecular weight excluding hydrogens is 352 g/mol. The lowest BCUT2D eigenvalue weighted by Crippen LogP contribution is -2.58. The van der Waals surface area contributed by atoms with Gasteiger partial charge in [-0.25, -0.2) is 0 Å². The number of hydrogen-bond donors (Lipinski definition) is 0. The zero-order valence-corrected chi connectivity index (χ0v) is 17.8. The first-order valence-corrected chi connectivity index (χ1v) is 12.1. The predicted molar refractivity (Wildman–Crippen MR) is 106 cm³/mol. The molecule has 0 aromatic carbocycles. The Balaban J connectivity index is 1.25. The summed E-state index contributed by atoms with van der Waals surface area (Å²) in [6, 6.07) is 0. The summed E-state index contributed by atoms with van der Waals surface area (Å²) in [5.41, 5.74) is 0.481. The molecule has 28 heavy (non-hydrogen) atoms. The van der Waals surface area contributed by atoms with Gasteiger partial charge in [-0.05, 0) is 49.4 Å². The van der Waals surface area contributed by atoms with E-state index < -0.39 is 0 Å². The molecule has 4 unspecified atom stereocenters. The van der Waals surface area contributed by atoms with Crippen molar-refractivity contribution in [1.29, 1.82) is 0 Å². The zero-order valence-electron chi connectivity index (χ0n) is 17.8. The standard InChI is InChI=1S/C24H38O4/c1-21-11-13-23(25-17-7-3-4-8-18(17)26-23)15-22(21,2)16-24(14-12-21)27-19-9-5-6-10-20(19)28-24/h17-20H,3-16H2,1-2H3. The second-order valence-corrected chi connectivity index (χ2v) is 11.5. The van der Waals surface area contributed by atoms with Crippen LogP contribution < -0.4 is 0 Å². The largest absolute Gasteiger partial charge is 0.344 e. The van der Waals surface area contributed by atoms with E-state index in [9.17, 15) is 0 Å². The first kappa shape index (κ1) is 18.6. The minimum Gasteiger partial charge on any atom is -0.344 e. The molecule has 4 nitrogen and oxygen atoms in total. The van der Waals surface area contributed by atoms with E-state index >= 15 is 0 Å². The number of hydrogen-bond acceptors (Lipinski definition) is 4. The predicted octanol–water partition coefficient (Wildman–Crippen LogP) is 5.48. The van der Waals surface area contributed by atoms with E-state index in [4.69, 9.17) is 18.9 Å². The smallest absolute Gasteiger partial charge is 0.169 e. The lowest BCUT2D eigenvalue weighted by Gasteiger charge is -2.60. The van der Waals surface area contributed by atoms with E-state index in [2.05, 4.69) is 13.8 Å². The van der Waals surface area contributed by atoms with Crippen LogP contribution in [0.2, 0.25) is 0 Å². The molecule has 4 atom stereocenters. The molecule has 6 fully saturated rings. The van der Waals surface area contributed by atoms with E-state index in [1.807, 2.05) is 0 Å². The van der Waals surface area contributed by atoms with Gasteiger partial charge in [-0.15, -0.1) is 0 Å². The fourth-order valence-electron chi connectivity index (χ4n) is 7.74. The monoisotopic (exact) mass is 390 g/mol. The normalized spacial score (nSPS) is 58.5. The average Bonchev–Trinajstić information content (AvgIpc) is 3.20. The second kappa shape index (κ2) is 6.18. The van der Waals surface area contributed by atoms with Crippen molar-refractivity contribution in [3.63, 3.8) is 0 Å². The molecule has 6 rings (SSSR count). The third-order valence-electron chi connectivity index (χ3n) is 9.64. The molecule has 0 radical (unpaired) electrons. The molecule has 0 N–H and O–H groups in total. The number of ether oxygens (including phenoxy) is 4. The Morgan fingerprint density at radius 1 is 0.500 bits per heavy atom. The molecule has 4 aliphatic carbocycles. The Morgan fingerprint density at radius 2 is 0.857 bits per heavy atom. The highest BCUT2D eigenvalue weighted by Gasteiger charge is 2.65. The molecule has 0 aromatic rings. The zero-order chi connectivity index (χ0) is 19.0. The van der Waals surface area contributed by atoms with Crippen molar-refractivity contribution in [3.05, 3.63) is 0 Å². The lowest BCUT2D eigenvalue weighted by molar-refractivity contribution is -0.289. The van der Waals surface area contributed by atoms with Gasteiger partial charge in [0.1, 0.15) is 0 Å². The van der Waals surface area contributed by atoms with Crippen molar-refractivity contribution in [3.8, 4) is 0 Å². The summed E-state index contributed by atoms with van der Waals surface area (Å²) in [6.07, 6.45) is 17.8.